The van der Waals surface area contributed by atoms with Crippen molar-refractivity contribution in [2.45, 2.75) is 18.9 Å². The van der Waals surface area contributed by atoms with Crippen LogP contribution in [0.25, 0.3) is 0 Å². The topological polar surface area (TPSA) is 54.0 Å². The predicted octanol–water partition coefficient (Wildman–Crippen LogP) is 2.54. The molecule has 1 aromatic rings. The molecular weight excluding hydrogens is 293 g/mol. The number of benzene rings is 1. The Morgan fingerprint density at radius 2 is 1.71 bits per heavy atom. The van der Waals surface area contributed by atoms with Crippen LogP contribution in [-0.4, -0.2) is 39.3 Å². The van der Waals surface area contributed by atoms with Crippen LogP contribution in [-0.2, 0) is 14.3 Å². The second-order valence-corrected chi connectivity index (χ2v) is 3.93. The number of alkyl halides is 3. The summed E-state index contributed by atoms with van der Waals surface area (Å²) in [6.45, 7) is 0.273. The first-order valence-electron chi connectivity index (χ1n) is 5.95. The van der Waals surface area contributed by atoms with Crippen molar-refractivity contribution in [3.8, 4) is 11.5 Å². The molecule has 0 aromatic heterocycles. The van der Waals surface area contributed by atoms with E-state index in [-0.39, 0.29) is 24.5 Å². The second kappa shape index (κ2) is 7.72. The number of carbonyl (C=O) groups is 1. The number of hydrogen-bond donors (Lipinski definition) is 0. The molecule has 0 saturated carbocycles. The Labute approximate surface area is 119 Å². The molecule has 0 radical (unpaired) electrons. The van der Waals surface area contributed by atoms with Crippen molar-refractivity contribution in [3.63, 3.8) is 0 Å². The van der Waals surface area contributed by atoms with Gasteiger partial charge in [-0.3, -0.25) is 0 Å². The molecule has 0 saturated heterocycles. The van der Waals surface area contributed by atoms with Gasteiger partial charge in [0.05, 0.1) is 13.7 Å². The lowest BCUT2D eigenvalue weighted by Gasteiger charge is -2.17. The summed E-state index contributed by atoms with van der Waals surface area (Å²) < 4.78 is 54.6. The Balaban J connectivity index is 2.69. The Morgan fingerprint density at radius 3 is 2.19 bits per heavy atom. The van der Waals surface area contributed by atoms with Gasteiger partial charge in [0.15, 0.2) is 6.10 Å². The molecule has 1 unspecified atom stereocenters. The third kappa shape index (κ3) is 6.35. The molecule has 1 aromatic carbocycles. The van der Waals surface area contributed by atoms with Crippen molar-refractivity contribution in [2.24, 2.45) is 0 Å². The highest BCUT2D eigenvalue weighted by Crippen LogP contribution is 2.25. The fraction of sp³-hybridized carbons (Fsp3) is 0.462. The van der Waals surface area contributed by atoms with Crippen LogP contribution in [0.2, 0.25) is 0 Å². The summed E-state index contributed by atoms with van der Waals surface area (Å²) in [6, 6.07) is 4.72. The molecule has 8 heteroatoms. The molecule has 0 fully saturated rings. The number of hydrogen-bond acceptors (Lipinski definition) is 5. The van der Waals surface area contributed by atoms with Crippen molar-refractivity contribution < 1.29 is 36.9 Å². The normalized spacial score (nSPS) is 12.6. The third-order valence-corrected chi connectivity index (χ3v) is 2.38. The van der Waals surface area contributed by atoms with Gasteiger partial charge < -0.3 is 18.9 Å². The van der Waals surface area contributed by atoms with Crippen LogP contribution >= 0.6 is 0 Å². The van der Waals surface area contributed by atoms with Gasteiger partial charge in [0.25, 0.3) is 0 Å². The lowest BCUT2D eigenvalue weighted by molar-refractivity contribution is -0.274. The van der Waals surface area contributed by atoms with Crippen molar-refractivity contribution in [1.82, 2.24) is 0 Å². The maximum Gasteiger partial charge on any atom is 0.573 e. The van der Waals surface area contributed by atoms with E-state index in [9.17, 15) is 18.0 Å². The molecule has 1 atom stereocenters. The van der Waals surface area contributed by atoms with E-state index in [1.807, 2.05) is 0 Å². The molecule has 0 heterocycles. The smallest absolute Gasteiger partial charge is 0.479 e. The maximum absolute atomic E-state index is 12.0. The van der Waals surface area contributed by atoms with E-state index in [1.54, 1.807) is 0 Å². The molecule has 0 aliphatic rings. The molecule has 0 N–H and O–H groups in total. The van der Waals surface area contributed by atoms with E-state index in [1.165, 1.54) is 26.4 Å². The van der Waals surface area contributed by atoms with Crippen LogP contribution in [0.15, 0.2) is 24.3 Å². The number of carbonyl (C=O) groups excluding carboxylic acids is 1. The molecule has 0 aliphatic heterocycles. The summed E-state index contributed by atoms with van der Waals surface area (Å²) in [7, 11) is 2.68. The number of methoxy groups -OCH3 is 2. The van der Waals surface area contributed by atoms with Crippen LogP contribution in [0.1, 0.15) is 6.42 Å². The van der Waals surface area contributed by atoms with Gasteiger partial charge in [-0.2, -0.15) is 0 Å². The Bertz CT molecular complexity index is 444. The van der Waals surface area contributed by atoms with Crippen LogP contribution in [0, 0.1) is 0 Å². The lowest BCUT2D eigenvalue weighted by atomic mass is 10.2. The van der Waals surface area contributed by atoms with Gasteiger partial charge in [-0.05, 0) is 24.3 Å². The number of esters is 1. The summed E-state index contributed by atoms with van der Waals surface area (Å²) in [6.07, 6.45) is -5.40. The summed E-state index contributed by atoms with van der Waals surface area (Å²) in [5.41, 5.74) is 0. The van der Waals surface area contributed by atoms with Gasteiger partial charge in [-0.1, -0.05) is 0 Å². The summed E-state index contributed by atoms with van der Waals surface area (Å²) in [5.74, 6) is -0.750. The highest BCUT2D eigenvalue weighted by Gasteiger charge is 2.31. The van der Waals surface area contributed by atoms with Gasteiger partial charge in [0.2, 0.25) is 0 Å². The maximum atomic E-state index is 12.0. The van der Waals surface area contributed by atoms with E-state index < -0.39 is 18.4 Å². The van der Waals surface area contributed by atoms with Gasteiger partial charge in [-0.25, -0.2) is 4.79 Å². The molecule has 0 bridgehead atoms. The second-order valence-electron chi connectivity index (χ2n) is 3.93. The zero-order chi connectivity index (χ0) is 15.9. The average Bonchev–Trinajstić information content (AvgIpc) is 2.42. The summed E-state index contributed by atoms with van der Waals surface area (Å²) >= 11 is 0. The highest BCUT2D eigenvalue weighted by atomic mass is 19.4. The molecule has 118 valence electrons. The predicted molar refractivity (Wildman–Crippen MR) is 66.1 cm³/mol. The summed E-state index contributed by atoms with van der Waals surface area (Å²) in [4.78, 5) is 11.5. The molecule has 0 amide bonds. The minimum Gasteiger partial charge on any atom is -0.479 e. The van der Waals surface area contributed by atoms with Gasteiger partial charge in [-0.15, -0.1) is 13.2 Å². The van der Waals surface area contributed by atoms with Gasteiger partial charge >= 0.3 is 12.3 Å². The molecule has 0 aliphatic carbocycles. The minimum atomic E-state index is -4.75. The molecule has 1 rings (SSSR count). The minimum absolute atomic E-state index is 0.219. The van der Waals surface area contributed by atoms with E-state index in [2.05, 4.69) is 9.47 Å². The molecule has 0 spiro atoms. The fourth-order valence-electron chi connectivity index (χ4n) is 1.47. The first-order valence-corrected chi connectivity index (χ1v) is 5.95. The van der Waals surface area contributed by atoms with Gasteiger partial charge in [0, 0.05) is 13.5 Å². The van der Waals surface area contributed by atoms with E-state index in [0.717, 1.165) is 12.1 Å². The molecule has 5 nitrogen and oxygen atoms in total. The molecular formula is C13H15F3O5. The van der Waals surface area contributed by atoms with Crippen LogP contribution in [0.5, 0.6) is 11.5 Å². The first kappa shape index (κ1) is 17.1. The number of rotatable bonds is 7. The quantitative estimate of drug-likeness (QED) is 0.725. The van der Waals surface area contributed by atoms with E-state index in [4.69, 9.17) is 9.47 Å². The first-order chi connectivity index (χ1) is 9.85. The van der Waals surface area contributed by atoms with Gasteiger partial charge in [0.1, 0.15) is 11.5 Å². The molecule has 21 heavy (non-hydrogen) atoms. The average molecular weight is 308 g/mol. The Kier molecular flexibility index (Phi) is 6.29. The zero-order valence-corrected chi connectivity index (χ0v) is 11.5. The summed E-state index contributed by atoms with van der Waals surface area (Å²) in [5, 5.41) is 0. The van der Waals surface area contributed by atoms with Crippen LogP contribution in [0.3, 0.4) is 0 Å². The van der Waals surface area contributed by atoms with E-state index >= 15 is 0 Å². The Hall–Kier alpha value is -1.96. The Morgan fingerprint density at radius 1 is 1.14 bits per heavy atom. The zero-order valence-electron chi connectivity index (χ0n) is 11.5. The number of ether oxygens (including phenoxy) is 4. The monoisotopic (exact) mass is 308 g/mol. The highest BCUT2D eigenvalue weighted by molar-refractivity contribution is 5.74. The largest absolute Gasteiger partial charge is 0.573 e. The third-order valence-electron chi connectivity index (χ3n) is 2.38. The van der Waals surface area contributed by atoms with Crippen LogP contribution in [0.4, 0.5) is 13.2 Å². The van der Waals surface area contributed by atoms with Crippen molar-refractivity contribution >= 4 is 5.97 Å². The van der Waals surface area contributed by atoms with Crippen molar-refractivity contribution in [3.05, 3.63) is 24.3 Å². The fourth-order valence-corrected chi connectivity index (χ4v) is 1.47. The van der Waals surface area contributed by atoms with E-state index in [0.29, 0.717) is 0 Å². The SMILES string of the molecule is COCCC(Oc1ccc(OC(F)(F)F)cc1)C(=O)OC. The standard InChI is InChI=1S/C13H15F3O5/c1-18-8-7-11(12(17)19-2)20-9-3-5-10(6-4-9)21-13(14,15)16/h3-6,11H,7-8H2,1-2H3. The van der Waals surface area contributed by atoms with Crippen LogP contribution < -0.4 is 9.47 Å². The van der Waals surface area contributed by atoms with Crippen molar-refractivity contribution in [1.29, 1.82) is 0 Å². The lowest BCUT2D eigenvalue weighted by Crippen LogP contribution is -2.29. The number of halogens is 3. The van der Waals surface area contributed by atoms with Crippen molar-refractivity contribution in [2.75, 3.05) is 20.8 Å².